The van der Waals surface area contributed by atoms with Gasteiger partial charge in [0.25, 0.3) is 0 Å². The molecule has 0 saturated heterocycles. The normalized spacial score (nSPS) is 10.8. The molecule has 0 aliphatic carbocycles. The molecule has 0 fully saturated rings. The SMILES string of the molecule is CCCCc1[nH]c(=O)n(-c2ccccc2Cl)c1O. The molecular formula is C13H15ClN2O2. The van der Waals surface area contributed by atoms with E-state index in [0.717, 1.165) is 12.8 Å². The maximum absolute atomic E-state index is 11.9. The van der Waals surface area contributed by atoms with Crippen molar-refractivity contribution in [3.8, 4) is 11.6 Å². The molecule has 0 atom stereocenters. The monoisotopic (exact) mass is 266 g/mol. The van der Waals surface area contributed by atoms with Crippen LogP contribution in [0.3, 0.4) is 0 Å². The van der Waals surface area contributed by atoms with Crippen molar-refractivity contribution in [3.63, 3.8) is 0 Å². The van der Waals surface area contributed by atoms with E-state index in [0.29, 0.717) is 22.8 Å². The fraction of sp³-hybridized carbons (Fsp3) is 0.308. The molecular weight excluding hydrogens is 252 g/mol. The van der Waals surface area contributed by atoms with Gasteiger partial charge in [0.1, 0.15) is 0 Å². The molecule has 0 bridgehead atoms. The highest BCUT2D eigenvalue weighted by atomic mass is 35.5. The average Bonchev–Trinajstić information content (AvgIpc) is 2.63. The lowest BCUT2D eigenvalue weighted by atomic mass is 10.2. The lowest BCUT2D eigenvalue weighted by Crippen LogP contribution is -2.14. The van der Waals surface area contributed by atoms with Crippen LogP contribution in [0.25, 0.3) is 5.69 Å². The number of benzene rings is 1. The number of nitrogens with zero attached hydrogens (tertiary/aromatic N) is 1. The number of H-pyrrole nitrogens is 1. The lowest BCUT2D eigenvalue weighted by molar-refractivity contribution is 0.433. The van der Waals surface area contributed by atoms with Crippen LogP contribution in [0.15, 0.2) is 29.1 Å². The number of aromatic nitrogens is 2. The van der Waals surface area contributed by atoms with E-state index in [-0.39, 0.29) is 11.6 Å². The average molecular weight is 267 g/mol. The summed E-state index contributed by atoms with van der Waals surface area (Å²) in [6.45, 7) is 2.06. The molecule has 0 amide bonds. The van der Waals surface area contributed by atoms with Crippen molar-refractivity contribution < 1.29 is 5.11 Å². The van der Waals surface area contributed by atoms with Gasteiger partial charge < -0.3 is 10.1 Å². The van der Waals surface area contributed by atoms with E-state index in [1.807, 2.05) is 0 Å². The van der Waals surface area contributed by atoms with Crippen LogP contribution < -0.4 is 5.69 Å². The maximum atomic E-state index is 11.9. The van der Waals surface area contributed by atoms with E-state index in [4.69, 9.17) is 11.6 Å². The molecule has 1 aromatic carbocycles. The molecule has 5 heteroatoms. The molecule has 2 aromatic rings. The Kier molecular flexibility index (Phi) is 3.77. The summed E-state index contributed by atoms with van der Waals surface area (Å²) in [5.41, 5.74) is 0.675. The van der Waals surface area contributed by atoms with Gasteiger partial charge in [0.05, 0.1) is 16.4 Å². The van der Waals surface area contributed by atoms with Gasteiger partial charge in [0, 0.05) is 0 Å². The van der Waals surface area contributed by atoms with Crippen molar-refractivity contribution in [1.82, 2.24) is 9.55 Å². The summed E-state index contributed by atoms with van der Waals surface area (Å²) in [4.78, 5) is 14.5. The van der Waals surface area contributed by atoms with Gasteiger partial charge in [-0.25, -0.2) is 9.36 Å². The number of aromatic amines is 1. The third kappa shape index (κ3) is 2.29. The number of aryl methyl sites for hydroxylation is 1. The standard InChI is InChI=1S/C13H15ClN2O2/c1-2-3-7-10-12(17)16(13(18)15-10)11-8-5-4-6-9(11)14/h4-6,8,17H,2-3,7H2,1H3,(H,15,18). The molecule has 1 aromatic heterocycles. The minimum absolute atomic E-state index is 0.0541. The van der Waals surface area contributed by atoms with Gasteiger partial charge >= 0.3 is 5.69 Å². The summed E-state index contributed by atoms with van der Waals surface area (Å²) in [5.74, 6) is -0.0541. The number of unbranched alkanes of at least 4 members (excludes halogenated alkanes) is 1. The molecule has 0 aliphatic heterocycles. The second-order valence-corrected chi connectivity index (χ2v) is 4.53. The van der Waals surface area contributed by atoms with Crippen LogP contribution in [0.4, 0.5) is 0 Å². The number of halogens is 1. The topological polar surface area (TPSA) is 58.0 Å². The predicted octanol–water partition coefficient (Wildman–Crippen LogP) is 2.87. The largest absolute Gasteiger partial charge is 0.493 e. The van der Waals surface area contributed by atoms with Gasteiger partial charge in [-0.1, -0.05) is 37.1 Å². The molecule has 4 nitrogen and oxygen atoms in total. The van der Waals surface area contributed by atoms with Gasteiger partial charge in [0.15, 0.2) is 0 Å². The summed E-state index contributed by atoms with van der Waals surface area (Å²) in [6, 6.07) is 6.92. The molecule has 0 aliphatic rings. The van der Waals surface area contributed by atoms with Crippen LogP contribution in [0, 0.1) is 0 Å². The highest BCUT2D eigenvalue weighted by Crippen LogP contribution is 2.24. The molecule has 2 rings (SSSR count). The van der Waals surface area contributed by atoms with Crippen molar-refractivity contribution in [2.75, 3.05) is 0 Å². The molecule has 0 spiro atoms. The Morgan fingerprint density at radius 1 is 1.39 bits per heavy atom. The summed E-state index contributed by atoms with van der Waals surface area (Å²) in [6.07, 6.45) is 2.56. The third-order valence-corrected chi connectivity index (χ3v) is 3.14. The zero-order valence-electron chi connectivity index (χ0n) is 10.1. The quantitative estimate of drug-likeness (QED) is 0.894. The Morgan fingerprint density at radius 3 is 2.78 bits per heavy atom. The fourth-order valence-corrected chi connectivity index (χ4v) is 2.08. The van der Waals surface area contributed by atoms with Crippen LogP contribution in [-0.4, -0.2) is 14.7 Å². The van der Waals surface area contributed by atoms with E-state index in [1.165, 1.54) is 4.57 Å². The van der Waals surface area contributed by atoms with Crippen molar-refractivity contribution in [2.45, 2.75) is 26.2 Å². The summed E-state index contributed by atoms with van der Waals surface area (Å²) >= 11 is 6.03. The van der Waals surface area contributed by atoms with Gasteiger partial charge in [-0.2, -0.15) is 0 Å². The molecule has 96 valence electrons. The highest BCUT2D eigenvalue weighted by Gasteiger charge is 2.15. The maximum Gasteiger partial charge on any atom is 0.333 e. The molecule has 0 saturated carbocycles. The third-order valence-electron chi connectivity index (χ3n) is 2.82. The Labute approximate surface area is 110 Å². The first-order valence-corrected chi connectivity index (χ1v) is 6.30. The highest BCUT2D eigenvalue weighted by molar-refractivity contribution is 6.32. The number of para-hydroxylation sites is 1. The Morgan fingerprint density at radius 2 is 2.11 bits per heavy atom. The molecule has 2 N–H and O–H groups in total. The smallest absolute Gasteiger partial charge is 0.333 e. The van der Waals surface area contributed by atoms with Crippen LogP contribution >= 0.6 is 11.6 Å². The van der Waals surface area contributed by atoms with E-state index in [1.54, 1.807) is 24.3 Å². The molecule has 0 unspecified atom stereocenters. The van der Waals surface area contributed by atoms with E-state index >= 15 is 0 Å². The van der Waals surface area contributed by atoms with Crippen molar-refractivity contribution >= 4 is 11.6 Å². The van der Waals surface area contributed by atoms with Crippen LogP contribution in [0.1, 0.15) is 25.5 Å². The number of hydrogen-bond acceptors (Lipinski definition) is 2. The number of hydrogen-bond donors (Lipinski definition) is 2. The second-order valence-electron chi connectivity index (χ2n) is 4.12. The van der Waals surface area contributed by atoms with Gasteiger partial charge in [-0.3, -0.25) is 0 Å². The summed E-state index contributed by atoms with van der Waals surface area (Å²) < 4.78 is 1.20. The molecule has 18 heavy (non-hydrogen) atoms. The van der Waals surface area contributed by atoms with Crippen molar-refractivity contribution in [1.29, 1.82) is 0 Å². The van der Waals surface area contributed by atoms with Crippen LogP contribution in [0.5, 0.6) is 5.88 Å². The minimum atomic E-state index is -0.369. The number of rotatable bonds is 4. The predicted molar refractivity (Wildman–Crippen MR) is 71.7 cm³/mol. The summed E-state index contributed by atoms with van der Waals surface area (Å²) in [5, 5.41) is 10.5. The van der Waals surface area contributed by atoms with E-state index in [9.17, 15) is 9.90 Å². The number of nitrogens with one attached hydrogen (secondary N) is 1. The summed E-state index contributed by atoms with van der Waals surface area (Å²) in [7, 11) is 0. The zero-order valence-corrected chi connectivity index (χ0v) is 10.9. The Hall–Kier alpha value is -1.68. The van der Waals surface area contributed by atoms with Gasteiger partial charge in [-0.05, 0) is 25.0 Å². The number of aromatic hydroxyl groups is 1. The van der Waals surface area contributed by atoms with Crippen molar-refractivity contribution in [3.05, 3.63) is 45.5 Å². The van der Waals surface area contributed by atoms with Gasteiger partial charge in [0.2, 0.25) is 5.88 Å². The zero-order chi connectivity index (χ0) is 13.1. The van der Waals surface area contributed by atoms with E-state index < -0.39 is 0 Å². The first kappa shape index (κ1) is 12.8. The molecule has 1 heterocycles. The van der Waals surface area contributed by atoms with Crippen LogP contribution in [-0.2, 0) is 6.42 Å². The Bertz CT molecular complexity index is 601. The van der Waals surface area contributed by atoms with Gasteiger partial charge in [-0.15, -0.1) is 0 Å². The first-order chi connectivity index (χ1) is 8.65. The van der Waals surface area contributed by atoms with Crippen LogP contribution in [0.2, 0.25) is 5.02 Å². The van der Waals surface area contributed by atoms with E-state index in [2.05, 4.69) is 11.9 Å². The molecule has 0 radical (unpaired) electrons. The fourth-order valence-electron chi connectivity index (χ4n) is 1.86. The second kappa shape index (κ2) is 5.31. The first-order valence-electron chi connectivity index (χ1n) is 5.93. The van der Waals surface area contributed by atoms with Crippen molar-refractivity contribution in [2.24, 2.45) is 0 Å². The number of imidazole rings is 1. The lowest BCUT2D eigenvalue weighted by Gasteiger charge is -2.05. The minimum Gasteiger partial charge on any atom is -0.493 e. The Balaban J connectivity index is 2.49.